The van der Waals surface area contributed by atoms with Crippen molar-refractivity contribution in [3.63, 3.8) is 0 Å². The summed E-state index contributed by atoms with van der Waals surface area (Å²) in [6.45, 7) is 1.07. The van der Waals surface area contributed by atoms with Crippen LogP contribution in [0.4, 0.5) is 0 Å². The minimum atomic E-state index is 0.355. The molecule has 0 unspecified atom stereocenters. The van der Waals surface area contributed by atoms with Crippen LogP contribution in [0.25, 0.3) is 67.8 Å². The fourth-order valence-corrected chi connectivity index (χ4v) is 8.04. The normalized spacial score (nSPS) is 10.8. The number of aryl methyl sites for hydroxylation is 3. The van der Waals surface area contributed by atoms with Crippen LogP contribution in [-0.2, 0) is 40.8 Å². The van der Waals surface area contributed by atoms with Crippen molar-refractivity contribution >= 4 is 67.8 Å². The molecule has 0 saturated heterocycles. The lowest BCUT2D eigenvalue weighted by atomic mass is 10.1. The van der Waals surface area contributed by atoms with E-state index >= 15 is 0 Å². The fourth-order valence-electron chi connectivity index (χ4n) is 8.04. The third-order valence-electron chi connectivity index (χ3n) is 12.1. The third-order valence-corrected chi connectivity index (χ3v) is 12.1. The van der Waals surface area contributed by atoms with Crippen LogP contribution in [0.2, 0.25) is 0 Å². The molecule has 0 amide bonds. The Morgan fingerprint density at radius 3 is 0.833 bits per heavy atom. The first-order chi connectivity index (χ1) is 35.2. The fraction of sp³-hybridized carbons (Fsp3) is 0.111. The molecule has 18 nitrogen and oxygen atoms in total. The summed E-state index contributed by atoms with van der Waals surface area (Å²) in [6.07, 6.45) is 4.55. The lowest BCUT2D eigenvalue weighted by Crippen LogP contribution is -2.08. The van der Waals surface area contributed by atoms with Crippen LogP contribution in [0.15, 0.2) is 165 Å². The zero-order valence-electron chi connectivity index (χ0n) is 39.3. The van der Waals surface area contributed by atoms with Gasteiger partial charge in [0.15, 0.2) is 0 Å². The van der Waals surface area contributed by atoms with Gasteiger partial charge >= 0.3 is 0 Å². The molecule has 0 N–H and O–H groups in total. The predicted molar refractivity (Wildman–Crippen MR) is 273 cm³/mol. The first-order valence-corrected chi connectivity index (χ1v) is 22.6. The lowest BCUT2D eigenvalue weighted by molar-refractivity contribution is 0.820. The molecule has 7 aromatic heterocycles. The Bertz CT molecular complexity index is 3550. The molecule has 10 aromatic rings. The lowest BCUT2D eigenvalue weighted by Gasteiger charge is -2.12. The Kier molecular flexibility index (Phi) is 12.7. The minimum absolute atomic E-state index is 0.355. The van der Waals surface area contributed by atoms with E-state index in [-0.39, 0.29) is 0 Å². The number of fused-ring (bicyclic) bond motifs is 12. The summed E-state index contributed by atoms with van der Waals surface area (Å²) in [6, 6.07) is 51.8. The van der Waals surface area contributed by atoms with Gasteiger partial charge in [0.05, 0.1) is 54.5 Å². The van der Waals surface area contributed by atoms with Crippen molar-refractivity contribution < 1.29 is 0 Å². The highest BCUT2D eigenvalue weighted by molar-refractivity contribution is 5.64. The number of hydrogen-bond donors (Lipinski definition) is 0. The monoisotopic (exact) mass is 942 g/mol. The average molecular weight is 943 g/mol. The molecule has 72 heavy (non-hydrogen) atoms. The molecule has 0 fully saturated rings. The molecule has 12 bridgehead atoms. The van der Waals surface area contributed by atoms with Crippen molar-refractivity contribution in [2.45, 2.75) is 19.6 Å². The first-order valence-electron chi connectivity index (χ1n) is 22.6. The summed E-state index contributed by atoms with van der Waals surface area (Å²) in [4.78, 5) is 44.1. The molecular formula is C54H42N18. The van der Waals surface area contributed by atoms with E-state index < -0.39 is 0 Å². The maximum atomic E-state index is 9.58. The van der Waals surface area contributed by atoms with Crippen LogP contribution in [0.1, 0.15) is 33.4 Å². The smallest absolute Gasteiger partial charge is 0.139 e. The van der Waals surface area contributed by atoms with Crippen LogP contribution >= 0.6 is 0 Å². The number of benzene rings is 3. The van der Waals surface area contributed by atoms with Gasteiger partial charge in [0.2, 0.25) is 0 Å². The molecule has 10 rings (SSSR count). The molecule has 0 aliphatic carbocycles. The number of hydrogen-bond acceptors (Lipinski definition) is 12. The van der Waals surface area contributed by atoms with Gasteiger partial charge in [-0.25, -0.2) is 44.9 Å². The van der Waals surface area contributed by atoms with E-state index in [4.69, 9.17) is 44.9 Å². The second-order valence-corrected chi connectivity index (χ2v) is 16.6. The summed E-state index contributed by atoms with van der Waals surface area (Å²) < 4.78 is 11.6. The molecule has 348 valence electrons. The Morgan fingerprint density at radius 2 is 0.569 bits per heavy atom. The van der Waals surface area contributed by atoms with Gasteiger partial charge < -0.3 is 27.4 Å². The van der Waals surface area contributed by atoms with Crippen LogP contribution < -0.4 is 0 Å². The highest BCUT2D eigenvalue weighted by Crippen LogP contribution is 2.18. The minimum Gasteiger partial charge on any atom is -0.314 e. The van der Waals surface area contributed by atoms with E-state index in [1.807, 2.05) is 158 Å². The van der Waals surface area contributed by atoms with E-state index in [1.54, 1.807) is 36.4 Å². The number of rotatable bonds is 6. The summed E-state index contributed by atoms with van der Waals surface area (Å²) in [5.41, 5.74) is 11.4. The van der Waals surface area contributed by atoms with Crippen LogP contribution in [0.5, 0.6) is 0 Å². The van der Waals surface area contributed by atoms with E-state index in [0.29, 0.717) is 104 Å². The summed E-state index contributed by atoms with van der Waals surface area (Å²) in [7, 11) is 5.69. The topological polar surface area (TPSA) is 217 Å². The second-order valence-electron chi connectivity index (χ2n) is 16.6. The molecule has 0 aliphatic rings. The molecule has 0 aliphatic heterocycles. The van der Waals surface area contributed by atoms with Crippen molar-refractivity contribution in [1.29, 1.82) is 15.8 Å². The molecule has 7 heterocycles. The quantitative estimate of drug-likeness (QED) is 0.154. The van der Waals surface area contributed by atoms with E-state index in [9.17, 15) is 15.8 Å². The maximum Gasteiger partial charge on any atom is 0.139 e. The summed E-state index contributed by atoms with van der Waals surface area (Å²) in [5.74, 6) is 0. The van der Waals surface area contributed by atoms with Crippen molar-refractivity contribution in [2.24, 2.45) is 21.1 Å². The number of nitriles is 3. The molecule has 0 atom stereocenters. The summed E-state index contributed by atoms with van der Waals surface area (Å²) >= 11 is 0. The Balaban J connectivity index is 1.33. The largest absolute Gasteiger partial charge is 0.314 e. The second kappa shape index (κ2) is 20.1. The van der Waals surface area contributed by atoms with Crippen molar-refractivity contribution in [3.05, 3.63) is 198 Å². The Morgan fingerprint density at radius 1 is 0.319 bits per heavy atom. The van der Waals surface area contributed by atoms with Crippen molar-refractivity contribution in [2.75, 3.05) is 0 Å². The number of nitrogens with zero attached hydrogens (tertiary/aromatic N) is 18. The Hall–Kier alpha value is -10.4. The van der Waals surface area contributed by atoms with Crippen LogP contribution in [-0.4, -0.2) is 72.3 Å². The van der Waals surface area contributed by atoms with Gasteiger partial charge in [-0.1, -0.05) is 54.6 Å². The molecule has 0 spiro atoms. The van der Waals surface area contributed by atoms with Gasteiger partial charge in [0.25, 0.3) is 0 Å². The molecule has 3 aromatic carbocycles. The van der Waals surface area contributed by atoms with Gasteiger partial charge in [0.1, 0.15) is 86.7 Å². The maximum absolute atomic E-state index is 9.58. The Labute approximate surface area is 411 Å². The zero-order valence-corrected chi connectivity index (χ0v) is 39.3. The highest BCUT2D eigenvalue weighted by Gasteiger charge is 2.09. The molecule has 18 heteroatoms. The van der Waals surface area contributed by atoms with Gasteiger partial charge in [-0.3, -0.25) is 0 Å². The zero-order chi connectivity index (χ0) is 49.6. The number of pyridine rings is 3. The van der Waals surface area contributed by atoms with Gasteiger partial charge in [-0.15, -0.1) is 0 Å². The van der Waals surface area contributed by atoms with E-state index in [2.05, 4.69) is 18.2 Å². The molecular weight excluding hydrogens is 901 g/mol. The highest BCUT2D eigenvalue weighted by atomic mass is 15.2. The van der Waals surface area contributed by atoms with Crippen LogP contribution in [0.3, 0.4) is 0 Å². The SMILES string of the molecule is Cn1c2cc(ncn2)n(Cc2ccc(C#N)cc2)c2cccc(n2)n(C)c2cc(ncn2)n(Cc2ccc(C#N)cc2)c2cccc(n2)n(C)c2cc(ncn2)n(Cc2ccc(C#N)cc2)c2cccc1n2. The average Bonchev–Trinajstić information content (AvgIpc) is 3.45. The van der Waals surface area contributed by atoms with Gasteiger partial charge in [0, 0.05) is 39.3 Å². The van der Waals surface area contributed by atoms with E-state index in [1.165, 1.54) is 19.0 Å². The van der Waals surface area contributed by atoms with Crippen molar-refractivity contribution in [1.82, 2.24) is 72.3 Å². The van der Waals surface area contributed by atoms with E-state index in [0.717, 1.165) is 16.7 Å². The number of aromatic nitrogens is 15. The third kappa shape index (κ3) is 9.66. The first kappa shape index (κ1) is 45.4. The predicted octanol–water partition coefficient (Wildman–Crippen LogP) is 8.40. The molecule has 0 radical (unpaired) electrons. The molecule has 0 saturated carbocycles. The van der Waals surface area contributed by atoms with Crippen LogP contribution in [0, 0.1) is 34.0 Å². The van der Waals surface area contributed by atoms with Gasteiger partial charge in [-0.2, -0.15) is 15.8 Å². The standard InChI is InChI=1S/C54H42N18/c1-67-43-7-4-10-46(64-43)70(31-40-19-13-37(28-55)14-20-40)53-26-50(59-35-62-53)69(3)45-9-6-12-48(66-45)72(33-42-23-17-39(30-57)18-24-42)54-27-51(60-36-63-54)68(2)44-8-5-11-47(65-44)71(52-25-49(67)58-34-61-52)32-41-21-15-38(29-56)16-22-41/h4-27,34-36H,31-33H2,1-3H3. The van der Waals surface area contributed by atoms with Crippen molar-refractivity contribution in [3.8, 4) is 18.2 Å². The van der Waals surface area contributed by atoms with Gasteiger partial charge in [-0.05, 0) is 89.5 Å². The summed E-state index contributed by atoms with van der Waals surface area (Å²) in [5, 5.41) is 28.7.